The highest BCUT2D eigenvalue weighted by molar-refractivity contribution is 5.57. The number of hydrogen-bond donors (Lipinski definition) is 6. The summed E-state index contributed by atoms with van der Waals surface area (Å²) in [5.74, 6) is -2.66. The molecule has 0 amide bonds. The first-order chi connectivity index (χ1) is 8.90. The van der Waals surface area contributed by atoms with Gasteiger partial charge in [-0.3, -0.25) is 0 Å². The zero-order valence-electron chi connectivity index (χ0n) is 9.70. The van der Waals surface area contributed by atoms with Crippen molar-refractivity contribution in [1.82, 2.24) is 0 Å². The molecule has 0 saturated carbocycles. The molecule has 0 aliphatic carbocycles. The van der Waals surface area contributed by atoms with E-state index in [4.69, 9.17) is 0 Å². The summed E-state index contributed by atoms with van der Waals surface area (Å²) in [4.78, 5) is 0. The van der Waals surface area contributed by atoms with Gasteiger partial charge in [0.15, 0.2) is 11.5 Å². The predicted octanol–water partition coefficient (Wildman–Crippen LogP) is 1.51. The second-order valence-electron chi connectivity index (χ2n) is 4.08. The molecule has 0 atom stereocenters. The molecule has 2 rings (SSSR count). The van der Waals surface area contributed by atoms with Gasteiger partial charge in [0.25, 0.3) is 0 Å². The molecule has 0 aromatic heterocycles. The first-order valence-corrected chi connectivity index (χ1v) is 5.36. The van der Waals surface area contributed by atoms with E-state index in [0.717, 1.165) is 12.1 Å². The van der Waals surface area contributed by atoms with Gasteiger partial charge in [0.1, 0.15) is 17.2 Å². The number of hydrogen-bond acceptors (Lipinski definition) is 6. The Balaban J connectivity index is 2.45. The van der Waals surface area contributed by atoms with Crippen molar-refractivity contribution in [3.8, 4) is 34.5 Å². The van der Waals surface area contributed by atoms with E-state index in [2.05, 4.69) is 0 Å². The Bertz CT molecular complexity index is 612. The second-order valence-corrected chi connectivity index (χ2v) is 4.08. The lowest BCUT2D eigenvalue weighted by molar-refractivity contribution is 0.365. The Kier molecular flexibility index (Phi) is 3.00. The molecule has 0 saturated heterocycles. The van der Waals surface area contributed by atoms with Gasteiger partial charge in [0.2, 0.25) is 5.75 Å². The fraction of sp³-hybridized carbons (Fsp3) is 0.0769. The van der Waals surface area contributed by atoms with Crippen LogP contribution in [0.15, 0.2) is 24.3 Å². The molecule has 0 aliphatic heterocycles. The van der Waals surface area contributed by atoms with Crippen LogP contribution in [0.4, 0.5) is 0 Å². The minimum Gasteiger partial charge on any atom is -0.508 e. The molecule has 100 valence electrons. The van der Waals surface area contributed by atoms with Crippen molar-refractivity contribution in [1.29, 1.82) is 0 Å². The van der Waals surface area contributed by atoms with E-state index in [1.54, 1.807) is 0 Å². The Morgan fingerprint density at radius 2 is 1.26 bits per heavy atom. The van der Waals surface area contributed by atoms with Crippen LogP contribution in [0, 0.1) is 0 Å². The van der Waals surface area contributed by atoms with Gasteiger partial charge in [-0.1, -0.05) is 6.07 Å². The van der Waals surface area contributed by atoms with Crippen molar-refractivity contribution in [3.63, 3.8) is 0 Å². The van der Waals surface area contributed by atoms with Crippen LogP contribution in [0.2, 0.25) is 0 Å². The molecule has 0 fully saturated rings. The maximum Gasteiger partial charge on any atom is 0.200 e. The number of benzene rings is 2. The molecule has 0 spiro atoms. The van der Waals surface area contributed by atoms with Gasteiger partial charge in [-0.05, 0) is 6.07 Å². The van der Waals surface area contributed by atoms with E-state index >= 15 is 0 Å². The maximum absolute atomic E-state index is 9.65. The van der Waals surface area contributed by atoms with Gasteiger partial charge in [-0.25, -0.2) is 0 Å². The first kappa shape index (κ1) is 12.7. The van der Waals surface area contributed by atoms with E-state index in [1.165, 1.54) is 12.1 Å². The molecule has 0 radical (unpaired) electrons. The molecular weight excluding hydrogens is 252 g/mol. The third-order valence-electron chi connectivity index (χ3n) is 2.77. The number of phenols is 6. The summed E-state index contributed by atoms with van der Waals surface area (Å²) < 4.78 is 0. The highest BCUT2D eigenvalue weighted by atomic mass is 16.3. The third-order valence-corrected chi connectivity index (χ3v) is 2.77. The molecule has 6 heteroatoms. The number of aromatic hydroxyl groups is 6. The highest BCUT2D eigenvalue weighted by Gasteiger charge is 2.16. The summed E-state index contributed by atoms with van der Waals surface area (Å²) in [7, 11) is 0. The summed E-state index contributed by atoms with van der Waals surface area (Å²) in [6.45, 7) is 0. The fourth-order valence-electron chi connectivity index (χ4n) is 1.75. The maximum atomic E-state index is 9.65. The first-order valence-electron chi connectivity index (χ1n) is 5.36. The van der Waals surface area contributed by atoms with E-state index in [9.17, 15) is 30.6 Å². The normalized spacial score (nSPS) is 10.5. The molecule has 0 aliphatic rings. The Morgan fingerprint density at radius 1 is 0.684 bits per heavy atom. The summed E-state index contributed by atoms with van der Waals surface area (Å²) >= 11 is 0. The van der Waals surface area contributed by atoms with Gasteiger partial charge in [-0.15, -0.1) is 0 Å². The Morgan fingerprint density at radius 3 is 1.84 bits per heavy atom. The topological polar surface area (TPSA) is 121 Å². The van der Waals surface area contributed by atoms with Crippen LogP contribution < -0.4 is 0 Å². The van der Waals surface area contributed by atoms with Gasteiger partial charge >= 0.3 is 0 Å². The van der Waals surface area contributed by atoms with Gasteiger partial charge in [-0.2, -0.15) is 0 Å². The average Bonchev–Trinajstić information content (AvgIpc) is 2.33. The molecule has 6 N–H and O–H groups in total. The number of phenolic OH excluding ortho intramolecular Hbond substituents is 6. The minimum atomic E-state index is -0.671. The van der Waals surface area contributed by atoms with Crippen LogP contribution in [0.3, 0.4) is 0 Å². The van der Waals surface area contributed by atoms with E-state index in [1.807, 2.05) is 0 Å². The quantitative estimate of drug-likeness (QED) is 0.457. The lowest BCUT2D eigenvalue weighted by Gasteiger charge is -2.10. The fourth-order valence-corrected chi connectivity index (χ4v) is 1.75. The SMILES string of the molecule is Oc1cc(O)c(Cc2ccc(O)c(O)c2O)c(O)c1. The van der Waals surface area contributed by atoms with Crippen LogP contribution >= 0.6 is 0 Å². The monoisotopic (exact) mass is 264 g/mol. The smallest absolute Gasteiger partial charge is 0.200 e. The lowest BCUT2D eigenvalue weighted by Crippen LogP contribution is -1.91. The van der Waals surface area contributed by atoms with E-state index in [-0.39, 0.29) is 34.8 Å². The van der Waals surface area contributed by atoms with E-state index in [0.29, 0.717) is 0 Å². The largest absolute Gasteiger partial charge is 0.508 e. The molecule has 19 heavy (non-hydrogen) atoms. The van der Waals surface area contributed by atoms with Crippen molar-refractivity contribution in [2.75, 3.05) is 0 Å². The molecule has 0 heterocycles. The summed E-state index contributed by atoms with van der Waals surface area (Å²) in [5.41, 5.74) is 0.282. The zero-order chi connectivity index (χ0) is 14.2. The molecule has 2 aromatic carbocycles. The van der Waals surface area contributed by atoms with E-state index < -0.39 is 17.2 Å². The summed E-state index contributed by atoms with van der Waals surface area (Å²) in [6, 6.07) is 4.62. The van der Waals surface area contributed by atoms with Crippen LogP contribution in [0.25, 0.3) is 0 Å². The van der Waals surface area contributed by atoms with Crippen molar-refractivity contribution in [2.24, 2.45) is 0 Å². The Labute approximate surface area is 108 Å². The second kappa shape index (κ2) is 4.49. The lowest BCUT2D eigenvalue weighted by atomic mass is 10.0. The zero-order valence-corrected chi connectivity index (χ0v) is 9.70. The Hall–Kier alpha value is -2.76. The number of rotatable bonds is 2. The van der Waals surface area contributed by atoms with Crippen LogP contribution in [0.5, 0.6) is 34.5 Å². The predicted molar refractivity (Wildman–Crippen MR) is 65.7 cm³/mol. The molecular formula is C13H12O6. The molecule has 2 aromatic rings. The highest BCUT2D eigenvalue weighted by Crippen LogP contribution is 2.40. The molecule has 0 bridgehead atoms. The molecule has 0 unspecified atom stereocenters. The summed E-state index contributed by atoms with van der Waals surface area (Å²) in [6.07, 6.45) is -0.0857. The van der Waals surface area contributed by atoms with Gasteiger partial charge < -0.3 is 30.6 Å². The van der Waals surface area contributed by atoms with Gasteiger partial charge in [0.05, 0.1) is 0 Å². The molecule has 6 nitrogen and oxygen atoms in total. The van der Waals surface area contributed by atoms with Crippen LogP contribution in [-0.2, 0) is 6.42 Å². The van der Waals surface area contributed by atoms with Crippen molar-refractivity contribution < 1.29 is 30.6 Å². The van der Waals surface area contributed by atoms with Crippen molar-refractivity contribution in [3.05, 3.63) is 35.4 Å². The van der Waals surface area contributed by atoms with Gasteiger partial charge in [0, 0.05) is 29.7 Å². The van der Waals surface area contributed by atoms with Crippen molar-refractivity contribution in [2.45, 2.75) is 6.42 Å². The third kappa shape index (κ3) is 2.28. The summed E-state index contributed by atoms with van der Waals surface area (Å²) in [5, 5.41) is 56.7. The average molecular weight is 264 g/mol. The minimum absolute atomic E-state index is 0.0817. The van der Waals surface area contributed by atoms with Crippen molar-refractivity contribution >= 4 is 0 Å². The van der Waals surface area contributed by atoms with Crippen LogP contribution in [0.1, 0.15) is 11.1 Å². The van der Waals surface area contributed by atoms with Crippen LogP contribution in [-0.4, -0.2) is 30.6 Å². The standard InChI is InChI=1S/C13H12O6/c14-7-4-10(16)8(11(17)5-7)3-6-1-2-9(15)13(19)12(6)18/h1-2,4-5,14-19H,3H2.